The zero-order valence-corrected chi connectivity index (χ0v) is 9.39. The van der Waals surface area contributed by atoms with E-state index in [0.29, 0.717) is 5.88 Å². The number of halogens is 1. The lowest BCUT2D eigenvalue weighted by molar-refractivity contribution is 0.561. The third-order valence-corrected chi connectivity index (χ3v) is 2.69. The summed E-state index contributed by atoms with van der Waals surface area (Å²) in [4.78, 5) is 4.07. The van der Waals surface area contributed by atoms with Crippen molar-refractivity contribution in [3.63, 3.8) is 0 Å². The first-order chi connectivity index (χ1) is 7.24. The minimum atomic E-state index is 0.0914. The van der Waals surface area contributed by atoms with Crippen LogP contribution in [-0.4, -0.2) is 24.3 Å². The van der Waals surface area contributed by atoms with E-state index >= 15 is 0 Å². The van der Waals surface area contributed by atoms with E-state index in [1.165, 1.54) is 0 Å². The van der Waals surface area contributed by atoms with Crippen molar-refractivity contribution >= 4 is 11.6 Å². The summed E-state index contributed by atoms with van der Waals surface area (Å²) in [5, 5.41) is 7.92. The predicted molar refractivity (Wildman–Crippen MR) is 56.6 cm³/mol. The lowest BCUT2D eigenvalue weighted by Crippen LogP contribution is -2.13. The van der Waals surface area contributed by atoms with Crippen molar-refractivity contribution in [3.05, 3.63) is 30.4 Å². The normalized spacial score (nSPS) is 13.0. The molecule has 5 nitrogen and oxygen atoms in total. The summed E-state index contributed by atoms with van der Waals surface area (Å²) in [6.45, 7) is 2.04. The van der Waals surface area contributed by atoms with Crippen molar-refractivity contribution in [2.75, 3.05) is 0 Å². The second-order valence-corrected chi connectivity index (χ2v) is 3.67. The van der Waals surface area contributed by atoms with E-state index in [4.69, 9.17) is 11.6 Å². The SMILES string of the molecule is CC(c1nncn1C)n1cncc1CCl. The van der Waals surface area contributed by atoms with Crippen LogP contribution in [-0.2, 0) is 12.9 Å². The van der Waals surface area contributed by atoms with Crippen molar-refractivity contribution in [2.45, 2.75) is 18.8 Å². The molecule has 0 amide bonds. The Hall–Kier alpha value is -1.36. The molecular formula is C9H12ClN5. The molecule has 2 aromatic heterocycles. The van der Waals surface area contributed by atoms with Crippen molar-refractivity contribution in [3.8, 4) is 0 Å². The Morgan fingerprint density at radius 1 is 1.47 bits per heavy atom. The van der Waals surface area contributed by atoms with Gasteiger partial charge in [-0.15, -0.1) is 21.8 Å². The van der Waals surface area contributed by atoms with Gasteiger partial charge in [0.25, 0.3) is 0 Å². The summed E-state index contributed by atoms with van der Waals surface area (Å²) in [5.41, 5.74) is 0.979. The highest BCUT2D eigenvalue weighted by atomic mass is 35.5. The van der Waals surface area contributed by atoms with Gasteiger partial charge in [0, 0.05) is 13.2 Å². The van der Waals surface area contributed by atoms with Gasteiger partial charge in [0.2, 0.25) is 0 Å². The van der Waals surface area contributed by atoms with Crippen LogP contribution in [0.15, 0.2) is 18.9 Å². The number of hydrogen-bond donors (Lipinski definition) is 0. The van der Waals surface area contributed by atoms with Crippen LogP contribution in [0.4, 0.5) is 0 Å². The summed E-state index contributed by atoms with van der Waals surface area (Å²) in [7, 11) is 1.92. The van der Waals surface area contributed by atoms with E-state index in [0.717, 1.165) is 11.5 Å². The standard InChI is InChI=1S/C9H12ClN5/c1-7(9-13-12-6-14(9)2)15-5-11-4-8(15)3-10/h4-7H,3H2,1-2H3. The maximum absolute atomic E-state index is 5.82. The molecular weight excluding hydrogens is 214 g/mol. The molecule has 0 aliphatic heterocycles. The average Bonchev–Trinajstić information content (AvgIpc) is 2.84. The molecule has 2 rings (SSSR count). The van der Waals surface area contributed by atoms with E-state index in [1.807, 2.05) is 23.1 Å². The number of imidazole rings is 1. The Morgan fingerprint density at radius 2 is 2.27 bits per heavy atom. The van der Waals surface area contributed by atoms with E-state index < -0.39 is 0 Å². The minimum absolute atomic E-state index is 0.0914. The molecule has 0 aliphatic rings. The second kappa shape index (κ2) is 4.02. The number of nitrogens with zero attached hydrogens (tertiary/aromatic N) is 5. The van der Waals surface area contributed by atoms with Gasteiger partial charge in [-0.1, -0.05) is 0 Å². The van der Waals surface area contributed by atoms with Gasteiger partial charge in [-0.2, -0.15) is 0 Å². The number of alkyl halides is 1. The van der Waals surface area contributed by atoms with Crippen LogP contribution in [0.5, 0.6) is 0 Å². The number of rotatable bonds is 3. The van der Waals surface area contributed by atoms with E-state index in [9.17, 15) is 0 Å². The third kappa shape index (κ3) is 1.74. The maximum Gasteiger partial charge on any atom is 0.155 e. The van der Waals surface area contributed by atoms with Crippen LogP contribution >= 0.6 is 11.6 Å². The maximum atomic E-state index is 5.82. The smallest absolute Gasteiger partial charge is 0.155 e. The molecule has 0 saturated carbocycles. The van der Waals surface area contributed by atoms with Crippen molar-refractivity contribution in [1.29, 1.82) is 0 Å². The lowest BCUT2D eigenvalue weighted by atomic mass is 10.3. The van der Waals surface area contributed by atoms with Gasteiger partial charge >= 0.3 is 0 Å². The summed E-state index contributed by atoms with van der Waals surface area (Å²) in [6, 6.07) is 0.0914. The van der Waals surface area contributed by atoms with Gasteiger partial charge in [0.05, 0.1) is 23.9 Å². The monoisotopic (exact) mass is 225 g/mol. The molecule has 0 fully saturated rings. The van der Waals surface area contributed by atoms with Crippen LogP contribution in [0.25, 0.3) is 0 Å². The first kappa shape index (κ1) is 10.2. The fourth-order valence-electron chi connectivity index (χ4n) is 1.58. The van der Waals surface area contributed by atoms with Gasteiger partial charge < -0.3 is 9.13 Å². The van der Waals surface area contributed by atoms with E-state index in [2.05, 4.69) is 15.2 Å². The molecule has 2 aromatic rings. The average molecular weight is 226 g/mol. The van der Waals surface area contributed by atoms with Gasteiger partial charge in [-0.05, 0) is 6.92 Å². The van der Waals surface area contributed by atoms with Crippen molar-refractivity contribution < 1.29 is 0 Å². The van der Waals surface area contributed by atoms with Gasteiger partial charge in [-0.25, -0.2) is 4.98 Å². The molecule has 0 spiro atoms. The molecule has 0 radical (unpaired) electrons. The highest BCUT2D eigenvalue weighted by Crippen LogP contribution is 2.17. The summed E-state index contributed by atoms with van der Waals surface area (Å²) in [6.07, 6.45) is 5.21. The molecule has 6 heteroatoms. The molecule has 0 saturated heterocycles. The molecule has 80 valence electrons. The quantitative estimate of drug-likeness (QED) is 0.742. The zero-order chi connectivity index (χ0) is 10.8. The molecule has 0 aromatic carbocycles. The molecule has 0 bridgehead atoms. The van der Waals surface area contributed by atoms with Crippen LogP contribution in [0.1, 0.15) is 24.5 Å². The Labute approximate surface area is 92.7 Å². The van der Waals surface area contributed by atoms with Gasteiger partial charge in [0.1, 0.15) is 6.33 Å². The van der Waals surface area contributed by atoms with Gasteiger partial charge in [0.15, 0.2) is 5.82 Å². The van der Waals surface area contributed by atoms with E-state index in [-0.39, 0.29) is 6.04 Å². The molecule has 2 heterocycles. The van der Waals surface area contributed by atoms with E-state index in [1.54, 1.807) is 18.9 Å². The molecule has 1 unspecified atom stereocenters. The second-order valence-electron chi connectivity index (χ2n) is 3.40. The fourth-order valence-corrected chi connectivity index (χ4v) is 1.79. The summed E-state index contributed by atoms with van der Waals surface area (Å²) < 4.78 is 3.89. The van der Waals surface area contributed by atoms with Crippen LogP contribution in [0, 0.1) is 0 Å². The van der Waals surface area contributed by atoms with Crippen molar-refractivity contribution in [2.24, 2.45) is 7.05 Å². The Kier molecular flexibility index (Phi) is 2.73. The van der Waals surface area contributed by atoms with Crippen LogP contribution in [0.2, 0.25) is 0 Å². The van der Waals surface area contributed by atoms with Crippen LogP contribution in [0.3, 0.4) is 0 Å². The third-order valence-electron chi connectivity index (χ3n) is 2.42. The zero-order valence-electron chi connectivity index (χ0n) is 8.63. The van der Waals surface area contributed by atoms with Crippen molar-refractivity contribution in [1.82, 2.24) is 24.3 Å². The molecule has 0 aliphatic carbocycles. The highest BCUT2D eigenvalue weighted by Gasteiger charge is 2.15. The molecule has 1 atom stereocenters. The molecule has 15 heavy (non-hydrogen) atoms. The highest BCUT2D eigenvalue weighted by molar-refractivity contribution is 6.16. The lowest BCUT2D eigenvalue weighted by Gasteiger charge is -2.14. The minimum Gasteiger partial charge on any atom is -0.323 e. The summed E-state index contributed by atoms with van der Waals surface area (Å²) in [5.74, 6) is 1.33. The van der Waals surface area contributed by atoms with Crippen LogP contribution < -0.4 is 0 Å². The Bertz CT molecular complexity index is 447. The predicted octanol–water partition coefficient (Wildman–Crippen LogP) is 1.36. The first-order valence-electron chi connectivity index (χ1n) is 4.64. The fraction of sp³-hybridized carbons (Fsp3) is 0.444. The number of aromatic nitrogens is 5. The number of hydrogen-bond acceptors (Lipinski definition) is 3. The topological polar surface area (TPSA) is 48.5 Å². The molecule has 0 N–H and O–H groups in total. The Morgan fingerprint density at radius 3 is 2.87 bits per heavy atom. The first-order valence-corrected chi connectivity index (χ1v) is 5.18. The Balaban J connectivity index is 2.36. The largest absolute Gasteiger partial charge is 0.323 e. The summed E-state index contributed by atoms with van der Waals surface area (Å²) >= 11 is 5.82. The van der Waals surface area contributed by atoms with Gasteiger partial charge in [-0.3, -0.25) is 0 Å². The number of aryl methyl sites for hydroxylation is 1.